The zero-order chi connectivity index (χ0) is 12.8. The minimum absolute atomic E-state index is 0.0423. The standard InChI is InChI=1S/C11H10Cl2O3S/c1-6-3-10-9(7(2)11(6)12)4-8(5-16-10)17(13,14)15/h3-4H,5H2,1-2H3. The van der Waals surface area contributed by atoms with E-state index in [9.17, 15) is 8.42 Å². The van der Waals surface area contributed by atoms with Crippen molar-refractivity contribution in [1.82, 2.24) is 0 Å². The zero-order valence-corrected chi connectivity index (χ0v) is 11.6. The van der Waals surface area contributed by atoms with Crippen molar-refractivity contribution in [3.63, 3.8) is 0 Å². The van der Waals surface area contributed by atoms with E-state index in [-0.39, 0.29) is 11.5 Å². The molecule has 17 heavy (non-hydrogen) atoms. The predicted molar refractivity (Wildman–Crippen MR) is 69.2 cm³/mol. The number of hydrogen-bond donors (Lipinski definition) is 0. The highest BCUT2D eigenvalue weighted by Crippen LogP contribution is 2.36. The number of benzene rings is 1. The Morgan fingerprint density at radius 2 is 2.00 bits per heavy atom. The van der Waals surface area contributed by atoms with Crippen molar-refractivity contribution in [1.29, 1.82) is 0 Å². The van der Waals surface area contributed by atoms with E-state index in [1.807, 2.05) is 13.8 Å². The smallest absolute Gasteiger partial charge is 0.260 e. The quantitative estimate of drug-likeness (QED) is 0.746. The lowest BCUT2D eigenvalue weighted by atomic mass is 10.0. The maximum Gasteiger partial charge on any atom is 0.260 e. The molecule has 0 radical (unpaired) electrons. The molecule has 3 nitrogen and oxygen atoms in total. The van der Waals surface area contributed by atoms with E-state index in [1.165, 1.54) is 6.08 Å². The Balaban J connectivity index is 2.67. The molecule has 1 aromatic rings. The summed E-state index contributed by atoms with van der Waals surface area (Å²) in [7, 11) is 1.55. The van der Waals surface area contributed by atoms with E-state index in [0.717, 1.165) is 11.1 Å². The van der Waals surface area contributed by atoms with E-state index in [4.69, 9.17) is 27.0 Å². The van der Waals surface area contributed by atoms with Crippen molar-refractivity contribution in [2.75, 3.05) is 6.61 Å². The highest BCUT2D eigenvalue weighted by molar-refractivity contribution is 8.17. The van der Waals surface area contributed by atoms with Gasteiger partial charge in [-0.15, -0.1) is 0 Å². The van der Waals surface area contributed by atoms with E-state index in [1.54, 1.807) is 6.07 Å². The van der Waals surface area contributed by atoms with Crippen molar-refractivity contribution >= 4 is 37.4 Å². The number of halogens is 2. The molecule has 1 aliphatic rings. The summed E-state index contributed by atoms with van der Waals surface area (Å²) in [5.41, 5.74) is 2.36. The largest absolute Gasteiger partial charge is 0.487 e. The molecule has 0 aliphatic carbocycles. The molecule has 6 heteroatoms. The van der Waals surface area contributed by atoms with Crippen LogP contribution in [0.15, 0.2) is 11.0 Å². The second-order valence-electron chi connectivity index (χ2n) is 3.88. The van der Waals surface area contributed by atoms with Gasteiger partial charge in [-0.2, -0.15) is 0 Å². The van der Waals surface area contributed by atoms with Gasteiger partial charge in [0.2, 0.25) is 0 Å². The molecule has 0 saturated heterocycles. The number of hydrogen-bond acceptors (Lipinski definition) is 3. The molecule has 0 amide bonds. The molecule has 92 valence electrons. The Kier molecular flexibility index (Phi) is 3.14. The summed E-state index contributed by atoms with van der Waals surface area (Å²) in [6.07, 6.45) is 1.52. The predicted octanol–water partition coefficient (Wildman–Crippen LogP) is 3.26. The van der Waals surface area contributed by atoms with Crippen LogP contribution in [0.25, 0.3) is 6.08 Å². The van der Waals surface area contributed by atoms with Gasteiger partial charge < -0.3 is 4.74 Å². The molecule has 0 unspecified atom stereocenters. The Morgan fingerprint density at radius 3 is 2.59 bits per heavy atom. The van der Waals surface area contributed by atoms with Gasteiger partial charge in [0.15, 0.2) is 0 Å². The van der Waals surface area contributed by atoms with Crippen molar-refractivity contribution in [2.24, 2.45) is 0 Å². The number of ether oxygens (including phenoxy) is 1. The van der Waals surface area contributed by atoms with Crippen LogP contribution in [0, 0.1) is 13.8 Å². The Morgan fingerprint density at radius 1 is 1.35 bits per heavy atom. The molecule has 0 saturated carbocycles. The van der Waals surface area contributed by atoms with Crippen molar-refractivity contribution in [2.45, 2.75) is 13.8 Å². The summed E-state index contributed by atoms with van der Waals surface area (Å²) in [5.74, 6) is 0.633. The van der Waals surface area contributed by atoms with Crippen LogP contribution in [0.3, 0.4) is 0 Å². The van der Waals surface area contributed by atoms with Crippen LogP contribution in [0.2, 0.25) is 5.02 Å². The topological polar surface area (TPSA) is 43.4 Å². The van der Waals surface area contributed by atoms with E-state index in [2.05, 4.69) is 0 Å². The summed E-state index contributed by atoms with van der Waals surface area (Å²) < 4.78 is 27.9. The van der Waals surface area contributed by atoms with E-state index in [0.29, 0.717) is 16.3 Å². The van der Waals surface area contributed by atoms with Crippen molar-refractivity contribution in [3.8, 4) is 5.75 Å². The Labute approximate surface area is 109 Å². The van der Waals surface area contributed by atoms with Crippen molar-refractivity contribution < 1.29 is 13.2 Å². The Bertz CT molecular complexity index is 618. The van der Waals surface area contributed by atoms with Gasteiger partial charge in [-0.3, -0.25) is 0 Å². The van der Waals surface area contributed by atoms with Crippen LogP contribution >= 0.6 is 22.3 Å². The molecule has 1 aliphatic heterocycles. The molecule has 0 aromatic heterocycles. The lowest BCUT2D eigenvalue weighted by Gasteiger charge is -2.19. The fourth-order valence-electron chi connectivity index (χ4n) is 1.73. The SMILES string of the molecule is Cc1cc2c(c(C)c1Cl)C=C(S(=O)(=O)Cl)CO2. The van der Waals surface area contributed by atoms with Gasteiger partial charge in [0.1, 0.15) is 12.4 Å². The van der Waals surface area contributed by atoms with Crippen LogP contribution in [-0.2, 0) is 9.05 Å². The first-order valence-corrected chi connectivity index (χ1v) is 7.57. The van der Waals surface area contributed by atoms with Crippen LogP contribution in [0.5, 0.6) is 5.75 Å². The normalized spacial score (nSPS) is 14.9. The second-order valence-corrected chi connectivity index (χ2v) is 6.88. The first-order valence-electron chi connectivity index (χ1n) is 4.88. The van der Waals surface area contributed by atoms with Gasteiger partial charge in [-0.1, -0.05) is 11.6 Å². The molecule has 1 aromatic carbocycles. The minimum Gasteiger partial charge on any atom is -0.487 e. The third-order valence-electron chi connectivity index (χ3n) is 2.68. The van der Waals surface area contributed by atoms with Gasteiger partial charge in [0.25, 0.3) is 9.05 Å². The monoisotopic (exact) mass is 292 g/mol. The lowest BCUT2D eigenvalue weighted by molar-refractivity contribution is 0.353. The van der Waals surface area contributed by atoms with Gasteiger partial charge >= 0.3 is 0 Å². The number of fused-ring (bicyclic) bond motifs is 1. The highest BCUT2D eigenvalue weighted by atomic mass is 35.7. The highest BCUT2D eigenvalue weighted by Gasteiger charge is 2.23. The number of rotatable bonds is 1. The van der Waals surface area contributed by atoms with Crippen LogP contribution in [0.1, 0.15) is 16.7 Å². The van der Waals surface area contributed by atoms with Gasteiger partial charge in [0, 0.05) is 21.3 Å². The van der Waals surface area contributed by atoms with Crippen LogP contribution < -0.4 is 4.74 Å². The summed E-state index contributed by atoms with van der Waals surface area (Å²) in [4.78, 5) is 0.0506. The summed E-state index contributed by atoms with van der Waals surface area (Å²) in [6, 6.07) is 1.79. The molecular weight excluding hydrogens is 283 g/mol. The third-order valence-corrected chi connectivity index (χ3v) is 4.72. The average molecular weight is 293 g/mol. The summed E-state index contributed by atoms with van der Waals surface area (Å²) in [6.45, 7) is 3.65. The summed E-state index contributed by atoms with van der Waals surface area (Å²) in [5, 5.41) is 0.608. The van der Waals surface area contributed by atoms with Crippen LogP contribution in [-0.4, -0.2) is 15.0 Å². The lowest BCUT2D eigenvalue weighted by Crippen LogP contribution is -2.12. The first-order chi connectivity index (χ1) is 7.80. The molecule has 0 fully saturated rings. The molecule has 2 rings (SSSR count). The minimum atomic E-state index is -3.74. The molecule has 0 atom stereocenters. The van der Waals surface area contributed by atoms with Gasteiger partial charge in [-0.25, -0.2) is 8.42 Å². The zero-order valence-electron chi connectivity index (χ0n) is 9.25. The van der Waals surface area contributed by atoms with E-state index < -0.39 is 9.05 Å². The maximum absolute atomic E-state index is 11.2. The van der Waals surface area contributed by atoms with Gasteiger partial charge in [-0.05, 0) is 37.1 Å². The van der Waals surface area contributed by atoms with Crippen molar-refractivity contribution in [3.05, 3.63) is 32.7 Å². The Hall–Kier alpha value is -0.710. The second kappa shape index (κ2) is 4.19. The maximum atomic E-state index is 11.2. The third kappa shape index (κ3) is 2.30. The molecule has 0 N–H and O–H groups in total. The molecule has 0 bridgehead atoms. The fourth-order valence-corrected chi connectivity index (χ4v) is 2.61. The van der Waals surface area contributed by atoms with E-state index >= 15 is 0 Å². The van der Waals surface area contributed by atoms with Gasteiger partial charge in [0.05, 0.1) is 4.91 Å². The summed E-state index contributed by atoms with van der Waals surface area (Å²) >= 11 is 6.11. The van der Waals surface area contributed by atoms with Crippen LogP contribution in [0.4, 0.5) is 0 Å². The fraction of sp³-hybridized carbons (Fsp3) is 0.273. The number of aryl methyl sites for hydroxylation is 1. The first kappa shape index (κ1) is 12.7. The molecule has 0 spiro atoms. The molecular formula is C11H10Cl2O3S. The average Bonchev–Trinajstić information content (AvgIpc) is 2.24. The molecule has 1 heterocycles.